The lowest BCUT2D eigenvalue weighted by Crippen LogP contribution is -2.46. The molecule has 4 N–H and O–H groups in total. The van der Waals surface area contributed by atoms with Gasteiger partial charge in [0.05, 0.1) is 6.04 Å². The van der Waals surface area contributed by atoms with E-state index >= 15 is 0 Å². The third kappa shape index (κ3) is 2.38. The van der Waals surface area contributed by atoms with E-state index in [4.69, 9.17) is 10.9 Å². The van der Waals surface area contributed by atoms with Crippen molar-refractivity contribution < 1.29 is 10.0 Å². The highest BCUT2D eigenvalue weighted by Gasteiger charge is 2.35. The molecule has 1 amide bonds. The zero-order valence-corrected chi connectivity index (χ0v) is 9.50. The zero-order valence-electron chi connectivity index (χ0n) is 9.50. The topological polar surface area (TPSA) is 106 Å². The summed E-state index contributed by atoms with van der Waals surface area (Å²) < 4.78 is 1.48. The van der Waals surface area contributed by atoms with Crippen LogP contribution in [0.2, 0.25) is 0 Å². The molecule has 1 aromatic heterocycles. The zero-order chi connectivity index (χ0) is 12.4. The third-order valence-electron chi connectivity index (χ3n) is 2.87. The van der Waals surface area contributed by atoms with Gasteiger partial charge in [-0.05, 0) is 24.8 Å². The fourth-order valence-electron chi connectivity index (χ4n) is 1.74. The lowest BCUT2D eigenvalue weighted by molar-refractivity contribution is 0.0933. The summed E-state index contributed by atoms with van der Waals surface area (Å²) in [5, 5.41) is 18.3. The highest BCUT2D eigenvalue weighted by Crippen LogP contribution is 2.32. The molecular formula is C10H15N5O2. The number of amides is 1. The van der Waals surface area contributed by atoms with E-state index in [0.29, 0.717) is 5.69 Å². The molecule has 7 heteroatoms. The van der Waals surface area contributed by atoms with Crippen LogP contribution >= 0.6 is 0 Å². The largest absolute Gasteiger partial charge is 0.409 e. The van der Waals surface area contributed by atoms with Gasteiger partial charge in [0.1, 0.15) is 5.69 Å². The van der Waals surface area contributed by atoms with Crippen molar-refractivity contribution in [2.24, 2.45) is 23.9 Å². The van der Waals surface area contributed by atoms with Crippen molar-refractivity contribution in [3.05, 3.63) is 18.0 Å². The van der Waals surface area contributed by atoms with Gasteiger partial charge in [0.15, 0.2) is 5.84 Å². The van der Waals surface area contributed by atoms with Crippen molar-refractivity contribution in [3.8, 4) is 0 Å². The van der Waals surface area contributed by atoms with Gasteiger partial charge in [0.2, 0.25) is 0 Å². The molecule has 0 bridgehead atoms. The van der Waals surface area contributed by atoms with E-state index in [2.05, 4.69) is 15.6 Å². The Bertz CT molecular complexity index is 449. The van der Waals surface area contributed by atoms with E-state index in [1.54, 1.807) is 19.3 Å². The molecule has 7 nitrogen and oxygen atoms in total. The molecule has 0 aliphatic heterocycles. The maximum absolute atomic E-state index is 11.9. The second kappa shape index (κ2) is 4.44. The first kappa shape index (κ1) is 11.4. The molecule has 2 rings (SSSR count). The van der Waals surface area contributed by atoms with Gasteiger partial charge in [0, 0.05) is 13.2 Å². The molecule has 1 unspecified atom stereocenters. The Hall–Kier alpha value is -2.05. The number of amidine groups is 1. The first-order valence-electron chi connectivity index (χ1n) is 5.39. The average Bonchev–Trinajstić information content (AvgIpc) is 3.07. The Kier molecular flexibility index (Phi) is 2.99. The molecule has 17 heavy (non-hydrogen) atoms. The summed E-state index contributed by atoms with van der Waals surface area (Å²) >= 11 is 0. The van der Waals surface area contributed by atoms with Crippen molar-refractivity contribution in [2.75, 3.05) is 0 Å². The second-order valence-electron chi connectivity index (χ2n) is 4.15. The van der Waals surface area contributed by atoms with Crippen LogP contribution in [0.5, 0.6) is 0 Å². The van der Waals surface area contributed by atoms with Gasteiger partial charge in [-0.25, -0.2) is 0 Å². The predicted molar refractivity (Wildman–Crippen MR) is 60.6 cm³/mol. The summed E-state index contributed by atoms with van der Waals surface area (Å²) in [7, 11) is 1.69. The number of aryl methyl sites for hydroxylation is 1. The van der Waals surface area contributed by atoms with Crippen molar-refractivity contribution in [2.45, 2.75) is 18.9 Å². The van der Waals surface area contributed by atoms with Crippen molar-refractivity contribution in [1.29, 1.82) is 0 Å². The Morgan fingerprint density at radius 1 is 1.76 bits per heavy atom. The molecule has 1 heterocycles. The molecule has 1 aromatic rings. The second-order valence-corrected chi connectivity index (χ2v) is 4.15. The molecule has 0 radical (unpaired) electrons. The van der Waals surface area contributed by atoms with Crippen LogP contribution in [0.25, 0.3) is 0 Å². The summed E-state index contributed by atoms with van der Waals surface area (Å²) in [6.45, 7) is 0. The fourth-order valence-corrected chi connectivity index (χ4v) is 1.74. The van der Waals surface area contributed by atoms with Gasteiger partial charge in [-0.15, -0.1) is 0 Å². The molecule has 0 spiro atoms. The average molecular weight is 237 g/mol. The van der Waals surface area contributed by atoms with E-state index in [0.717, 1.165) is 12.8 Å². The van der Waals surface area contributed by atoms with E-state index < -0.39 is 6.04 Å². The predicted octanol–water partition coefficient (Wildman–Crippen LogP) is -0.325. The first-order valence-corrected chi connectivity index (χ1v) is 5.39. The molecule has 1 atom stereocenters. The van der Waals surface area contributed by atoms with Crippen molar-refractivity contribution >= 4 is 11.7 Å². The van der Waals surface area contributed by atoms with Crippen LogP contribution in [0.1, 0.15) is 23.3 Å². The highest BCUT2D eigenvalue weighted by molar-refractivity contribution is 5.97. The van der Waals surface area contributed by atoms with E-state index in [1.165, 1.54) is 4.68 Å². The molecule has 1 fully saturated rings. The SMILES string of the molecule is Cn1nccc1C(=O)NC(C(N)=NO)C1CC1. The standard InChI is InChI=1S/C10H15N5O2/c1-15-7(4-5-12-15)10(16)13-8(6-2-3-6)9(11)14-17/h4-6,8,17H,2-3H2,1H3,(H2,11,14)(H,13,16). The van der Waals surface area contributed by atoms with Crippen molar-refractivity contribution in [1.82, 2.24) is 15.1 Å². The number of hydrogen-bond acceptors (Lipinski definition) is 4. The summed E-state index contributed by atoms with van der Waals surface area (Å²) in [5.74, 6) is 0.0413. The van der Waals surface area contributed by atoms with Gasteiger partial charge in [-0.2, -0.15) is 5.10 Å². The number of nitrogens with zero attached hydrogens (tertiary/aromatic N) is 3. The number of rotatable bonds is 4. The molecule has 1 aliphatic carbocycles. The number of nitrogens with two attached hydrogens (primary N) is 1. The lowest BCUT2D eigenvalue weighted by atomic mass is 10.1. The van der Waals surface area contributed by atoms with Gasteiger partial charge in [0.25, 0.3) is 5.91 Å². The van der Waals surface area contributed by atoms with Crippen LogP contribution in [-0.2, 0) is 7.05 Å². The van der Waals surface area contributed by atoms with E-state index in [9.17, 15) is 4.79 Å². The summed E-state index contributed by atoms with van der Waals surface area (Å²) in [6, 6.07) is 1.22. The third-order valence-corrected chi connectivity index (χ3v) is 2.87. The summed E-state index contributed by atoms with van der Waals surface area (Å²) in [6.07, 6.45) is 3.50. The molecular weight excluding hydrogens is 222 g/mol. The minimum atomic E-state index is -0.401. The minimum Gasteiger partial charge on any atom is -0.409 e. The van der Waals surface area contributed by atoms with Crippen molar-refractivity contribution in [3.63, 3.8) is 0 Å². The van der Waals surface area contributed by atoms with E-state index in [-0.39, 0.29) is 17.7 Å². The quantitative estimate of drug-likeness (QED) is 0.288. The van der Waals surface area contributed by atoms with Crippen LogP contribution in [-0.4, -0.2) is 32.8 Å². The number of carbonyl (C=O) groups excluding carboxylic acids is 1. The minimum absolute atomic E-state index is 0.0445. The Labute approximate surface area is 98.3 Å². The van der Waals surface area contributed by atoms with E-state index in [1.807, 2.05) is 0 Å². The summed E-state index contributed by atoms with van der Waals surface area (Å²) in [5.41, 5.74) is 6.01. The maximum atomic E-state index is 11.9. The first-order chi connectivity index (χ1) is 8.13. The Balaban J connectivity index is 2.08. The van der Waals surface area contributed by atoms with Crippen LogP contribution in [0, 0.1) is 5.92 Å². The molecule has 92 valence electrons. The van der Waals surface area contributed by atoms with Gasteiger partial charge < -0.3 is 16.3 Å². The highest BCUT2D eigenvalue weighted by atomic mass is 16.4. The Morgan fingerprint density at radius 2 is 2.47 bits per heavy atom. The van der Waals surface area contributed by atoms with Gasteiger partial charge in [-0.3, -0.25) is 9.48 Å². The van der Waals surface area contributed by atoms with Gasteiger partial charge in [-0.1, -0.05) is 5.16 Å². The van der Waals surface area contributed by atoms with Crippen LogP contribution in [0.3, 0.4) is 0 Å². The fraction of sp³-hybridized carbons (Fsp3) is 0.500. The molecule has 1 aliphatic rings. The Morgan fingerprint density at radius 3 is 2.94 bits per heavy atom. The van der Waals surface area contributed by atoms with Gasteiger partial charge >= 0.3 is 0 Å². The number of oxime groups is 1. The van der Waals surface area contributed by atoms with Crippen LogP contribution in [0.4, 0.5) is 0 Å². The molecule has 1 saturated carbocycles. The number of aromatic nitrogens is 2. The number of carbonyl (C=O) groups is 1. The molecule has 0 saturated heterocycles. The number of hydrogen-bond donors (Lipinski definition) is 3. The lowest BCUT2D eigenvalue weighted by Gasteiger charge is -2.16. The van der Waals surface area contributed by atoms with Crippen LogP contribution < -0.4 is 11.1 Å². The normalized spacial score (nSPS) is 17.8. The monoisotopic (exact) mass is 237 g/mol. The van der Waals surface area contributed by atoms with Crippen LogP contribution in [0.15, 0.2) is 17.4 Å². The maximum Gasteiger partial charge on any atom is 0.270 e. The smallest absolute Gasteiger partial charge is 0.270 e. The summed E-state index contributed by atoms with van der Waals surface area (Å²) in [4.78, 5) is 11.9. The molecule has 0 aromatic carbocycles. The number of nitrogens with one attached hydrogen (secondary N) is 1.